The number of hydrogen-bond acceptors (Lipinski definition) is 4. The maximum absolute atomic E-state index is 12.5. The van der Waals surface area contributed by atoms with Crippen LogP contribution in [0.25, 0.3) is 0 Å². The van der Waals surface area contributed by atoms with Gasteiger partial charge in [0.05, 0.1) is 34.6 Å². The van der Waals surface area contributed by atoms with Gasteiger partial charge in [-0.05, 0) is 43.7 Å². The van der Waals surface area contributed by atoms with Gasteiger partial charge in [0.1, 0.15) is 12.3 Å². The molecule has 152 valence electrons. The van der Waals surface area contributed by atoms with E-state index in [0.29, 0.717) is 6.61 Å². The topological polar surface area (TPSA) is 75.7 Å². The molecule has 0 bridgehead atoms. The highest BCUT2D eigenvalue weighted by Gasteiger charge is 2.24. The molecule has 0 unspecified atom stereocenters. The van der Waals surface area contributed by atoms with Crippen LogP contribution < -0.4 is 14.4 Å². The van der Waals surface area contributed by atoms with E-state index in [4.69, 9.17) is 27.9 Å². The van der Waals surface area contributed by atoms with Gasteiger partial charge in [-0.15, -0.1) is 0 Å². The maximum atomic E-state index is 12.5. The largest absolute Gasteiger partial charge is 0.494 e. The van der Waals surface area contributed by atoms with E-state index in [0.717, 1.165) is 21.9 Å². The van der Waals surface area contributed by atoms with Crippen LogP contribution in [-0.2, 0) is 14.8 Å². The Balaban J connectivity index is 2.14. The van der Waals surface area contributed by atoms with Gasteiger partial charge in [-0.2, -0.15) is 0 Å². The number of amides is 1. The number of halogens is 2. The SMILES string of the molecule is CCOc1ccc([C@H](C)NC(=O)CN(c2cccc(Cl)c2Cl)S(C)(=O)=O)cc1. The summed E-state index contributed by atoms with van der Waals surface area (Å²) in [7, 11) is -3.75. The van der Waals surface area contributed by atoms with E-state index < -0.39 is 22.5 Å². The molecule has 2 aromatic carbocycles. The van der Waals surface area contributed by atoms with Gasteiger partial charge in [0.25, 0.3) is 0 Å². The van der Waals surface area contributed by atoms with E-state index >= 15 is 0 Å². The van der Waals surface area contributed by atoms with Gasteiger partial charge >= 0.3 is 0 Å². The van der Waals surface area contributed by atoms with Crippen LogP contribution in [0.4, 0.5) is 5.69 Å². The lowest BCUT2D eigenvalue weighted by molar-refractivity contribution is -0.120. The molecule has 0 fully saturated rings. The highest BCUT2D eigenvalue weighted by molar-refractivity contribution is 7.92. The van der Waals surface area contributed by atoms with Gasteiger partial charge in [-0.3, -0.25) is 9.10 Å². The van der Waals surface area contributed by atoms with Gasteiger partial charge in [-0.25, -0.2) is 8.42 Å². The normalized spacial score (nSPS) is 12.3. The quantitative estimate of drug-likeness (QED) is 0.666. The first-order chi connectivity index (χ1) is 13.1. The summed E-state index contributed by atoms with van der Waals surface area (Å²) in [5.74, 6) is 0.270. The van der Waals surface area contributed by atoms with Crippen molar-refractivity contribution in [3.05, 3.63) is 58.1 Å². The first kappa shape index (κ1) is 22.3. The summed E-state index contributed by atoms with van der Waals surface area (Å²) in [6.45, 7) is 3.86. The zero-order valence-corrected chi connectivity index (χ0v) is 18.1. The van der Waals surface area contributed by atoms with Crippen LogP contribution in [-0.4, -0.2) is 33.7 Å². The van der Waals surface area contributed by atoms with E-state index in [1.54, 1.807) is 12.1 Å². The molecule has 0 saturated carbocycles. The lowest BCUT2D eigenvalue weighted by Crippen LogP contribution is -2.41. The van der Waals surface area contributed by atoms with Crippen LogP contribution in [0, 0.1) is 0 Å². The van der Waals surface area contributed by atoms with Crippen molar-refractivity contribution >= 4 is 44.8 Å². The lowest BCUT2D eigenvalue weighted by atomic mass is 10.1. The summed E-state index contributed by atoms with van der Waals surface area (Å²) < 4.78 is 30.8. The van der Waals surface area contributed by atoms with Gasteiger partial charge in [0.15, 0.2) is 0 Å². The molecule has 1 atom stereocenters. The van der Waals surface area contributed by atoms with Crippen LogP contribution in [0.1, 0.15) is 25.5 Å². The van der Waals surface area contributed by atoms with Crippen molar-refractivity contribution in [2.24, 2.45) is 0 Å². The van der Waals surface area contributed by atoms with Crippen molar-refractivity contribution in [3.63, 3.8) is 0 Å². The van der Waals surface area contributed by atoms with Gasteiger partial charge < -0.3 is 10.1 Å². The Hall–Kier alpha value is -1.96. The van der Waals surface area contributed by atoms with Crippen LogP contribution >= 0.6 is 23.2 Å². The molecule has 28 heavy (non-hydrogen) atoms. The van der Waals surface area contributed by atoms with Gasteiger partial charge in [0.2, 0.25) is 15.9 Å². The number of sulfonamides is 1. The zero-order valence-electron chi connectivity index (χ0n) is 15.8. The third-order valence-electron chi connectivity index (χ3n) is 3.96. The number of nitrogens with zero attached hydrogens (tertiary/aromatic N) is 1. The maximum Gasteiger partial charge on any atom is 0.241 e. The standard InChI is InChI=1S/C19H22Cl2N2O4S/c1-4-27-15-10-8-14(9-11-15)13(2)22-18(24)12-23(28(3,25)26)17-7-5-6-16(20)19(17)21/h5-11,13H,4,12H2,1-3H3,(H,22,24)/t13-/m0/s1. The second-order valence-corrected chi connectivity index (χ2v) is 8.83. The van der Waals surface area contributed by atoms with Crippen LogP contribution in [0.2, 0.25) is 10.0 Å². The minimum atomic E-state index is -3.75. The average molecular weight is 445 g/mol. The Bertz CT molecular complexity index is 933. The number of benzene rings is 2. The predicted molar refractivity (Wildman–Crippen MR) is 113 cm³/mol. The first-order valence-electron chi connectivity index (χ1n) is 8.57. The molecule has 0 aliphatic rings. The number of hydrogen-bond donors (Lipinski definition) is 1. The van der Waals surface area contributed by atoms with Crippen molar-refractivity contribution < 1.29 is 17.9 Å². The second kappa shape index (κ2) is 9.49. The number of anilines is 1. The Morgan fingerprint density at radius 2 is 1.82 bits per heavy atom. The summed E-state index contributed by atoms with van der Waals surface area (Å²) in [5.41, 5.74) is 1.02. The third kappa shape index (κ3) is 5.77. The molecule has 1 amide bonds. The number of nitrogens with one attached hydrogen (secondary N) is 1. The molecule has 2 rings (SSSR count). The fraction of sp³-hybridized carbons (Fsp3) is 0.316. The average Bonchev–Trinajstić information content (AvgIpc) is 2.62. The molecule has 6 nitrogen and oxygen atoms in total. The molecule has 0 aliphatic carbocycles. The fourth-order valence-corrected chi connectivity index (χ4v) is 3.90. The van der Waals surface area contributed by atoms with Crippen molar-refractivity contribution in [2.45, 2.75) is 19.9 Å². The van der Waals surface area contributed by atoms with Gasteiger partial charge in [0, 0.05) is 0 Å². The van der Waals surface area contributed by atoms with E-state index in [1.165, 1.54) is 6.07 Å². The van der Waals surface area contributed by atoms with Gasteiger partial charge in [-0.1, -0.05) is 41.4 Å². The highest BCUT2D eigenvalue weighted by atomic mass is 35.5. The van der Waals surface area contributed by atoms with Crippen molar-refractivity contribution in [3.8, 4) is 5.75 Å². The zero-order chi connectivity index (χ0) is 20.9. The molecule has 0 aliphatic heterocycles. The number of carbonyl (C=O) groups excluding carboxylic acids is 1. The van der Waals surface area contributed by atoms with Crippen LogP contribution in [0.3, 0.4) is 0 Å². The molecule has 0 heterocycles. The number of ether oxygens (including phenoxy) is 1. The summed E-state index contributed by atoms with van der Waals surface area (Å²) >= 11 is 12.1. The molecule has 0 spiro atoms. The molecular weight excluding hydrogens is 423 g/mol. The van der Waals surface area contributed by atoms with Crippen molar-refractivity contribution in [1.29, 1.82) is 0 Å². The number of rotatable bonds is 8. The first-order valence-corrected chi connectivity index (χ1v) is 11.2. The van der Waals surface area contributed by atoms with E-state index in [9.17, 15) is 13.2 Å². The highest BCUT2D eigenvalue weighted by Crippen LogP contribution is 2.33. The molecule has 0 saturated heterocycles. The Labute approximate surface area is 175 Å². The minimum absolute atomic E-state index is 0.0713. The summed E-state index contributed by atoms with van der Waals surface area (Å²) in [4.78, 5) is 12.5. The fourth-order valence-electron chi connectivity index (χ4n) is 2.59. The van der Waals surface area contributed by atoms with Crippen LogP contribution in [0.5, 0.6) is 5.75 Å². The lowest BCUT2D eigenvalue weighted by Gasteiger charge is -2.24. The smallest absolute Gasteiger partial charge is 0.241 e. The molecule has 0 aromatic heterocycles. The van der Waals surface area contributed by atoms with Crippen molar-refractivity contribution in [2.75, 3.05) is 23.7 Å². The Morgan fingerprint density at radius 3 is 2.39 bits per heavy atom. The van der Waals surface area contributed by atoms with Crippen molar-refractivity contribution in [1.82, 2.24) is 5.32 Å². The summed E-state index contributed by atoms with van der Waals surface area (Å²) in [6, 6.07) is 11.6. The third-order valence-corrected chi connectivity index (χ3v) is 5.89. The Morgan fingerprint density at radius 1 is 1.18 bits per heavy atom. The molecule has 1 N–H and O–H groups in total. The Kier molecular flexibility index (Phi) is 7.57. The minimum Gasteiger partial charge on any atom is -0.494 e. The molecule has 2 aromatic rings. The molecule has 0 radical (unpaired) electrons. The second-order valence-electron chi connectivity index (χ2n) is 6.13. The van der Waals surface area contributed by atoms with E-state index in [-0.39, 0.29) is 21.8 Å². The summed E-state index contributed by atoms with van der Waals surface area (Å²) in [6.07, 6.45) is 1.01. The predicted octanol–water partition coefficient (Wildman–Crippen LogP) is 4.04. The monoisotopic (exact) mass is 444 g/mol. The summed E-state index contributed by atoms with van der Waals surface area (Å²) in [5, 5.41) is 3.07. The van der Waals surface area contributed by atoms with E-state index in [1.807, 2.05) is 38.1 Å². The number of carbonyl (C=O) groups is 1. The molecule has 9 heteroatoms. The van der Waals surface area contributed by atoms with Crippen LogP contribution in [0.15, 0.2) is 42.5 Å². The molecular formula is C19H22Cl2N2O4S. The van der Waals surface area contributed by atoms with E-state index in [2.05, 4.69) is 5.32 Å².